The van der Waals surface area contributed by atoms with Crippen LogP contribution in [0.3, 0.4) is 0 Å². The van der Waals surface area contributed by atoms with E-state index in [-0.39, 0.29) is 39.4 Å². The summed E-state index contributed by atoms with van der Waals surface area (Å²) in [6, 6.07) is 10.3. The molecule has 4 N–H and O–H groups in total. The van der Waals surface area contributed by atoms with Gasteiger partial charge in [-0.1, -0.05) is 0 Å². The Hall–Kier alpha value is -3.96. The van der Waals surface area contributed by atoms with Gasteiger partial charge in [0.25, 0.3) is 6.43 Å². The Labute approximate surface area is 186 Å². The maximum atomic E-state index is 13.2. The van der Waals surface area contributed by atoms with Crippen LogP contribution in [0, 0.1) is 29.6 Å². The van der Waals surface area contributed by atoms with Crippen molar-refractivity contribution in [2.75, 3.05) is 18.6 Å². The summed E-state index contributed by atoms with van der Waals surface area (Å²) in [5.41, 5.74) is 13.3. The number of alkyl halides is 2. The number of hydrogen-bond acceptors (Lipinski definition) is 9. The van der Waals surface area contributed by atoms with Crippen LogP contribution in [-0.4, -0.2) is 22.1 Å². The lowest BCUT2D eigenvalue weighted by molar-refractivity contribution is 0.145. The van der Waals surface area contributed by atoms with Crippen molar-refractivity contribution in [2.24, 2.45) is 0 Å². The molecule has 0 radical (unpaired) electrons. The molecule has 0 atom stereocenters. The van der Waals surface area contributed by atoms with Crippen molar-refractivity contribution in [3.8, 4) is 29.1 Å². The Balaban J connectivity index is 2.03. The Kier molecular flexibility index (Phi) is 6.71. The maximum absolute atomic E-state index is 13.2. The average molecular weight is 453 g/mol. The topological polar surface area (TPSA) is 148 Å². The summed E-state index contributed by atoms with van der Waals surface area (Å²) in [6.45, 7) is 1.59. The molecule has 0 unspecified atom stereocenters. The van der Waals surface area contributed by atoms with E-state index in [4.69, 9.17) is 16.2 Å². The highest BCUT2D eigenvalue weighted by Gasteiger charge is 2.18. The first-order chi connectivity index (χ1) is 15.3. The summed E-state index contributed by atoms with van der Waals surface area (Å²) in [5.74, 6) is 0.659. The third-order valence-corrected chi connectivity index (χ3v) is 5.55. The van der Waals surface area contributed by atoms with Crippen LogP contribution in [0.2, 0.25) is 0 Å². The van der Waals surface area contributed by atoms with E-state index < -0.39 is 12.1 Å². The summed E-state index contributed by atoms with van der Waals surface area (Å²) in [5, 5.41) is 19.1. The number of rotatable bonds is 6. The number of nitrogens with zero attached hydrogens (tertiary/aromatic N) is 5. The number of methoxy groups -OCH3 is 1. The van der Waals surface area contributed by atoms with E-state index in [1.54, 1.807) is 25.1 Å². The van der Waals surface area contributed by atoms with Crippen molar-refractivity contribution in [1.82, 2.24) is 15.0 Å². The molecular formula is C21H17F2N7OS. The molecule has 0 fully saturated rings. The van der Waals surface area contributed by atoms with Crippen LogP contribution in [0.5, 0.6) is 5.75 Å². The van der Waals surface area contributed by atoms with Gasteiger partial charge in [0.15, 0.2) is 0 Å². The Morgan fingerprint density at radius 3 is 2.44 bits per heavy atom. The van der Waals surface area contributed by atoms with Gasteiger partial charge in [0.05, 0.1) is 18.4 Å². The van der Waals surface area contributed by atoms with E-state index in [1.165, 1.54) is 13.2 Å². The lowest BCUT2D eigenvalue weighted by atomic mass is 10.0. The molecule has 3 aromatic rings. The van der Waals surface area contributed by atoms with Crippen LogP contribution in [0.15, 0.2) is 29.3 Å². The lowest BCUT2D eigenvalue weighted by Crippen LogP contribution is -2.05. The zero-order valence-corrected chi connectivity index (χ0v) is 17.9. The third-order valence-electron chi connectivity index (χ3n) is 4.52. The zero-order valence-electron chi connectivity index (χ0n) is 17.1. The minimum atomic E-state index is -2.75. The smallest absolute Gasteiger partial charge is 0.280 e. The van der Waals surface area contributed by atoms with Crippen LogP contribution in [0.4, 0.5) is 20.5 Å². The molecule has 2 heterocycles. The normalized spacial score (nSPS) is 10.6. The van der Waals surface area contributed by atoms with Crippen LogP contribution < -0.4 is 16.2 Å². The van der Waals surface area contributed by atoms with Crippen LogP contribution in [0.1, 0.15) is 34.4 Å². The van der Waals surface area contributed by atoms with Gasteiger partial charge < -0.3 is 16.2 Å². The molecule has 3 rings (SSSR count). The molecule has 0 saturated heterocycles. The van der Waals surface area contributed by atoms with Gasteiger partial charge in [-0.25, -0.2) is 18.7 Å². The van der Waals surface area contributed by atoms with E-state index in [0.29, 0.717) is 22.4 Å². The standard InChI is InChI=1S/C21H17F2N7OS/c1-10-5-15(18(22)23)28-20(13(10)7-24)32-9-12-6-11(3-4-16(12)31-2)17-14(8-25)19(26)30-21(27)29-17/h3-6,18H,9H2,1-2H3,(H4,26,27,29,30). The fraction of sp³-hybridized carbons (Fsp3) is 0.190. The largest absolute Gasteiger partial charge is 0.496 e. The molecule has 8 nitrogen and oxygen atoms in total. The van der Waals surface area contributed by atoms with Crippen molar-refractivity contribution in [3.63, 3.8) is 0 Å². The highest BCUT2D eigenvalue weighted by Crippen LogP contribution is 2.35. The number of hydrogen-bond donors (Lipinski definition) is 2. The van der Waals surface area contributed by atoms with Gasteiger partial charge in [-0.2, -0.15) is 15.5 Å². The molecule has 0 bridgehead atoms. The quantitative estimate of drug-likeness (QED) is 0.528. The number of halogens is 2. The average Bonchev–Trinajstić information content (AvgIpc) is 2.76. The van der Waals surface area contributed by atoms with Crippen LogP contribution in [0.25, 0.3) is 11.3 Å². The number of nitrogens with two attached hydrogens (primary N) is 2. The first kappa shape index (κ1) is 22.7. The molecular weight excluding hydrogens is 436 g/mol. The molecule has 0 spiro atoms. The second-order valence-corrected chi connectivity index (χ2v) is 7.54. The fourth-order valence-corrected chi connectivity index (χ4v) is 4.06. The zero-order chi connectivity index (χ0) is 23.4. The summed E-state index contributed by atoms with van der Waals surface area (Å²) in [4.78, 5) is 11.9. The number of thioether (sulfide) groups is 1. The van der Waals surface area contributed by atoms with Gasteiger partial charge in [0.1, 0.15) is 40.0 Å². The van der Waals surface area contributed by atoms with E-state index in [9.17, 15) is 19.3 Å². The van der Waals surface area contributed by atoms with Gasteiger partial charge in [0.2, 0.25) is 5.95 Å². The minimum Gasteiger partial charge on any atom is -0.496 e. The molecule has 0 saturated carbocycles. The van der Waals surface area contributed by atoms with Crippen molar-refractivity contribution in [3.05, 3.63) is 52.2 Å². The predicted octanol–water partition coefficient (Wildman–Crippen LogP) is 3.99. The number of anilines is 2. The number of nitrogen functional groups attached to an aromatic ring is 2. The summed E-state index contributed by atoms with van der Waals surface area (Å²) in [7, 11) is 1.49. The van der Waals surface area contributed by atoms with Crippen LogP contribution >= 0.6 is 11.8 Å². The third kappa shape index (κ3) is 4.53. The molecule has 0 aliphatic rings. The Bertz CT molecular complexity index is 1270. The summed E-state index contributed by atoms with van der Waals surface area (Å²) < 4.78 is 31.8. The van der Waals surface area contributed by atoms with Gasteiger partial charge in [0, 0.05) is 16.9 Å². The highest BCUT2D eigenvalue weighted by atomic mass is 32.2. The van der Waals surface area contributed by atoms with Gasteiger partial charge in [-0.05, 0) is 36.8 Å². The van der Waals surface area contributed by atoms with Gasteiger partial charge in [-0.15, -0.1) is 11.8 Å². The molecule has 162 valence electrons. The second-order valence-electron chi connectivity index (χ2n) is 6.57. The number of nitriles is 2. The first-order valence-electron chi connectivity index (χ1n) is 9.12. The fourth-order valence-electron chi connectivity index (χ4n) is 3.02. The molecule has 0 aliphatic heterocycles. The highest BCUT2D eigenvalue weighted by molar-refractivity contribution is 7.98. The van der Waals surface area contributed by atoms with Gasteiger partial charge in [-0.3, -0.25) is 0 Å². The molecule has 0 amide bonds. The van der Waals surface area contributed by atoms with E-state index in [2.05, 4.69) is 15.0 Å². The Morgan fingerprint density at radius 1 is 1.09 bits per heavy atom. The molecule has 32 heavy (non-hydrogen) atoms. The van der Waals surface area contributed by atoms with E-state index in [0.717, 1.165) is 11.8 Å². The number of aromatic nitrogens is 3. The first-order valence-corrected chi connectivity index (χ1v) is 10.1. The number of benzene rings is 1. The van der Waals surface area contributed by atoms with Gasteiger partial charge >= 0.3 is 0 Å². The maximum Gasteiger partial charge on any atom is 0.280 e. The van der Waals surface area contributed by atoms with Crippen molar-refractivity contribution in [2.45, 2.75) is 24.1 Å². The predicted molar refractivity (Wildman–Crippen MR) is 116 cm³/mol. The molecule has 11 heteroatoms. The summed E-state index contributed by atoms with van der Waals surface area (Å²) in [6.07, 6.45) is -2.75. The number of pyridine rings is 1. The Morgan fingerprint density at radius 2 is 1.81 bits per heavy atom. The lowest BCUT2D eigenvalue weighted by Gasteiger charge is -2.13. The number of aryl methyl sites for hydroxylation is 1. The number of ether oxygens (including phenoxy) is 1. The molecule has 2 aromatic heterocycles. The summed E-state index contributed by atoms with van der Waals surface area (Å²) >= 11 is 1.13. The van der Waals surface area contributed by atoms with Crippen molar-refractivity contribution < 1.29 is 13.5 Å². The monoisotopic (exact) mass is 453 g/mol. The van der Waals surface area contributed by atoms with Crippen molar-refractivity contribution in [1.29, 1.82) is 10.5 Å². The molecule has 0 aliphatic carbocycles. The van der Waals surface area contributed by atoms with Crippen molar-refractivity contribution >= 4 is 23.5 Å². The second kappa shape index (κ2) is 9.45. The van der Waals surface area contributed by atoms with Crippen LogP contribution in [-0.2, 0) is 5.75 Å². The molecule has 1 aromatic carbocycles. The SMILES string of the molecule is COc1ccc(-c2nc(N)nc(N)c2C#N)cc1CSc1nc(C(F)F)cc(C)c1C#N. The van der Waals surface area contributed by atoms with E-state index in [1.807, 2.05) is 12.1 Å². The minimum absolute atomic E-state index is 0.0381. The van der Waals surface area contributed by atoms with E-state index >= 15 is 0 Å².